The summed E-state index contributed by atoms with van der Waals surface area (Å²) >= 11 is 0. The van der Waals surface area contributed by atoms with Gasteiger partial charge in [0.15, 0.2) is 0 Å². The first-order valence-electron chi connectivity index (χ1n) is 5.31. The maximum Gasteiger partial charge on any atom is 0.335 e. The Morgan fingerprint density at radius 2 is 2.38 bits per heavy atom. The molecule has 1 unspecified atom stereocenters. The van der Waals surface area contributed by atoms with Crippen molar-refractivity contribution in [2.75, 3.05) is 13.2 Å². The Morgan fingerprint density at radius 1 is 1.62 bits per heavy atom. The number of carbonyl (C=O) groups is 1. The number of carboxylic acids is 1. The normalized spacial score (nSPS) is 18.2. The standard InChI is InChI=1S/C12H14O4/c1-2-8-5-9(12(13)14)3-4-11(8)16-7-10-6-15-10/h3-5,10H,2,6-7H2,1H3,(H,13,14). The van der Waals surface area contributed by atoms with Crippen LogP contribution in [-0.2, 0) is 11.2 Å². The zero-order chi connectivity index (χ0) is 11.5. The van der Waals surface area contributed by atoms with Crippen molar-refractivity contribution in [3.8, 4) is 5.75 Å². The SMILES string of the molecule is CCc1cc(C(=O)O)ccc1OCC1CO1. The van der Waals surface area contributed by atoms with E-state index in [1.807, 2.05) is 6.92 Å². The molecule has 0 spiro atoms. The molecule has 1 aromatic carbocycles. The number of ether oxygens (including phenoxy) is 2. The van der Waals surface area contributed by atoms with E-state index in [4.69, 9.17) is 14.6 Å². The number of aryl methyl sites for hydroxylation is 1. The Kier molecular flexibility index (Phi) is 3.10. The Bertz CT molecular complexity index is 396. The predicted octanol–water partition coefficient (Wildman–Crippen LogP) is 1.72. The lowest BCUT2D eigenvalue weighted by atomic mass is 10.1. The molecule has 0 saturated carbocycles. The van der Waals surface area contributed by atoms with Crippen molar-refractivity contribution in [2.45, 2.75) is 19.4 Å². The second-order valence-electron chi connectivity index (χ2n) is 3.75. The van der Waals surface area contributed by atoms with Crippen molar-refractivity contribution in [3.05, 3.63) is 29.3 Å². The second kappa shape index (κ2) is 4.53. The minimum absolute atomic E-state index is 0.212. The van der Waals surface area contributed by atoms with Gasteiger partial charge >= 0.3 is 5.97 Å². The molecule has 0 aliphatic carbocycles. The third-order valence-electron chi connectivity index (χ3n) is 2.52. The molecule has 0 aromatic heterocycles. The number of hydrogen-bond acceptors (Lipinski definition) is 3. The zero-order valence-corrected chi connectivity index (χ0v) is 9.10. The Hall–Kier alpha value is -1.55. The first kappa shape index (κ1) is 11.0. The van der Waals surface area contributed by atoms with E-state index in [1.165, 1.54) is 0 Å². The lowest BCUT2D eigenvalue weighted by molar-refractivity contribution is 0.0696. The van der Waals surface area contributed by atoms with Crippen LogP contribution in [0.25, 0.3) is 0 Å². The molecule has 0 amide bonds. The number of rotatable bonds is 5. The summed E-state index contributed by atoms with van der Waals surface area (Å²) in [5.74, 6) is -0.158. The number of carboxylic acid groups (broad SMARTS) is 1. The molecule has 1 aliphatic rings. The summed E-state index contributed by atoms with van der Waals surface area (Å²) < 4.78 is 10.6. The molecule has 86 valence electrons. The van der Waals surface area contributed by atoms with E-state index >= 15 is 0 Å². The Balaban J connectivity index is 2.12. The van der Waals surface area contributed by atoms with E-state index in [0.29, 0.717) is 12.2 Å². The highest BCUT2D eigenvalue weighted by molar-refractivity contribution is 5.88. The van der Waals surface area contributed by atoms with E-state index in [2.05, 4.69) is 0 Å². The minimum atomic E-state index is -0.910. The molecule has 1 heterocycles. The third kappa shape index (κ3) is 2.52. The number of hydrogen-bond donors (Lipinski definition) is 1. The molecular formula is C12H14O4. The lowest BCUT2D eigenvalue weighted by Crippen LogP contribution is -2.06. The molecule has 1 fully saturated rings. The molecule has 4 nitrogen and oxygen atoms in total. The fraction of sp³-hybridized carbons (Fsp3) is 0.417. The van der Waals surface area contributed by atoms with Crippen LogP contribution in [0.5, 0.6) is 5.75 Å². The highest BCUT2D eigenvalue weighted by Crippen LogP contribution is 2.22. The van der Waals surface area contributed by atoms with Crippen LogP contribution in [0.1, 0.15) is 22.8 Å². The van der Waals surface area contributed by atoms with Gasteiger partial charge in [0.25, 0.3) is 0 Å². The van der Waals surface area contributed by atoms with Gasteiger partial charge in [-0.05, 0) is 30.2 Å². The van der Waals surface area contributed by atoms with Crippen molar-refractivity contribution >= 4 is 5.97 Å². The van der Waals surface area contributed by atoms with Crippen LogP contribution in [-0.4, -0.2) is 30.4 Å². The Labute approximate surface area is 93.8 Å². The molecule has 1 saturated heterocycles. The fourth-order valence-corrected chi connectivity index (χ4v) is 1.48. The first-order chi connectivity index (χ1) is 7.70. The smallest absolute Gasteiger partial charge is 0.335 e. The van der Waals surface area contributed by atoms with E-state index in [0.717, 1.165) is 24.3 Å². The van der Waals surface area contributed by atoms with Crippen LogP contribution in [0.4, 0.5) is 0 Å². The molecular weight excluding hydrogens is 208 g/mol. The largest absolute Gasteiger partial charge is 0.491 e. The lowest BCUT2D eigenvalue weighted by Gasteiger charge is -2.09. The van der Waals surface area contributed by atoms with Gasteiger partial charge in [0.1, 0.15) is 18.5 Å². The summed E-state index contributed by atoms with van der Waals surface area (Å²) in [6, 6.07) is 4.93. The maximum atomic E-state index is 10.8. The number of aromatic carboxylic acids is 1. The van der Waals surface area contributed by atoms with Crippen LogP contribution >= 0.6 is 0 Å². The van der Waals surface area contributed by atoms with Crippen LogP contribution < -0.4 is 4.74 Å². The van der Waals surface area contributed by atoms with Gasteiger partial charge in [0, 0.05) is 0 Å². The van der Waals surface area contributed by atoms with Crippen molar-refractivity contribution in [1.29, 1.82) is 0 Å². The van der Waals surface area contributed by atoms with Crippen LogP contribution in [0, 0.1) is 0 Å². The quantitative estimate of drug-likeness (QED) is 0.771. The molecule has 4 heteroatoms. The maximum absolute atomic E-state index is 10.8. The average Bonchev–Trinajstić information content (AvgIpc) is 3.09. The number of benzene rings is 1. The molecule has 2 rings (SSSR count). The monoisotopic (exact) mass is 222 g/mol. The van der Waals surface area contributed by atoms with Gasteiger partial charge in [-0.25, -0.2) is 4.79 Å². The van der Waals surface area contributed by atoms with Crippen molar-refractivity contribution in [2.24, 2.45) is 0 Å². The van der Waals surface area contributed by atoms with Gasteiger partial charge in [-0.1, -0.05) is 6.92 Å². The molecule has 1 aromatic rings. The molecule has 1 aliphatic heterocycles. The summed E-state index contributed by atoms with van der Waals surface area (Å²) in [5.41, 5.74) is 1.22. The zero-order valence-electron chi connectivity index (χ0n) is 9.10. The summed E-state index contributed by atoms with van der Waals surface area (Å²) in [4.78, 5) is 10.8. The minimum Gasteiger partial charge on any atom is -0.491 e. The van der Waals surface area contributed by atoms with Crippen LogP contribution in [0.15, 0.2) is 18.2 Å². The van der Waals surface area contributed by atoms with E-state index in [1.54, 1.807) is 18.2 Å². The van der Waals surface area contributed by atoms with Crippen molar-refractivity contribution in [3.63, 3.8) is 0 Å². The third-order valence-corrected chi connectivity index (χ3v) is 2.52. The Morgan fingerprint density at radius 3 is 2.94 bits per heavy atom. The van der Waals surface area contributed by atoms with Gasteiger partial charge in [-0.2, -0.15) is 0 Å². The highest BCUT2D eigenvalue weighted by Gasteiger charge is 2.23. The van der Waals surface area contributed by atoms with E-state index in [-0.39, 0.29) is 6.10 Å². The van der Waals surface area contributed by atoms with Crippen LogP contribution in [0.2, 0.25) is 0 Å². The summed E-state index contributed by atoms with van der Waals surface area (Å²) in [6.45, 7) is 3.27. The summed E-state index contributed by atoms with van der Waals surface area (Å²) in [5, 5.41) is 8.86. The average molecular weight is 222 g/mol. The molecule has 1 N–H and O–H groups in total. The van der Waals surface area contributed by atoms with E-state index < -0.39 is 5.97 Å². The first-order valence-corrected chi connectivity index (χ1v) is 5.31. The fourth-order valence-electron chi connectivity index (χ4n) is 1.48. The highest BCUT2D eigenvalue weighted by atomic mass is 16.6. The molecule has 0 bridgehead atoms. The molecule has 16 heavy (non-hydrogen) atoms. The van der Waals surface area contributed by atoms with Gasteiger partial charge in [-0.15, -0.1) is 0 Å². The van der Waals surface area contributed by atoms with Gasteiger partial charge in [0.05, 0.1) is 12.2 Å². The summed E-state index contributed by atoms with van der Waals surface area (Å²) in [7, 11) is 0. The van der Waals surface area contributed by atoms with Gasteiger partial charge in [0.2, 0.25) is 0 Å². The molecule has 0 radical (unpaired) electrons. The topological polar surface area (TPSA) is 59.1 Å². The molecule has 1 atom stereocenters. The number of epoxide rings is 1. The second-order valence-corrected chi connectivity index (χ2v) is 3.75. The van der Waals surface area contributed by atoms with E-state index in [9.17, 15) is 4.79 Å². The van der Waals surface area contributed by atoms with Gasteiger partial charge < -0.3 is 14.6 Å². The van der Waals surface area contributed by atoms with Crippen molar-refractivity contribution < 1.29 is 19.4 Å². The van der Waals surface area contributed by atoms with Gasteiger partial charge in [-0.3, -0.25) is 0 Å². The predicted molar refractivity (Wildman–Crippen MR) is 58.0 cm³/mol. The van der Waals surface area contributed by atoms with Crippen LogP contribution in [0.3, 0.4) is 0 Å². The van der Waals surface area contributed by atoms with Crippen molar-refractivity contribution in [1.82, 2.24) is 0 Å². The summed E-state index contributed by atoms with van der Waals surface area (Å²) in [6.07, 6.45) is 0.964.